The van der Waals surface area contributed by atoms with Crippen LogP contribution in [0.3, 0.4) is 0 Å². The Kier molecular flexibility index (Phi) is 5.21. The lowest BCUT2D eigenvalue weighted by atomic mass is 10.2. The summed E-state index contributed by atoms with van der Waals surface area (Å²) in [6.07, 6.45) is -3.95. The van der Waals surface area contributed by atoms with Gasteiger partial charge in [0.2, 0.25) is 5.75 Å². The van der Waals surface area contributed by atoms with Crippen molar-refractivity contribution in [1.29, 1.82) is 5.26 Å². The minimum atomic E-state index is -4.87. The Morgan fingerprint density at radius 2 is 2.03 bits per heavy atom. The van der Waals surface area contributed by atoms with Gasteiger partial charge in [0.25, 0.3) is 5.56 Å². The van der Waals surface area contributed by atoms with Gasteiger partial charge < -0.3 is 9.30 Å². The molecule has 0 saturated carbocycles. The van der Waals surface area contributed by atoms with E-state index >= 15 is 0 Å². The zero-order valence-electron chi connectivity index (χ0n) is 14.6. The maximum atomic E-state index is 13.4. The van der Waals surface area contributed by atoms with Crippen molar-refractivity contribution in [3.8, 4) is 17.6 Å². The number of benzene rings is 1. The highest BCUT2D eigenvalue weighted by atomic mass is 35.5. The zero-order chi connectivity index (χ0) is 21.3. The van der Waals surface area contributed by atoms with E-state index in [1.807, 2.05) is 0 Å². The molecule has 0 aliphatic heterocycles. The van der Waals surface area contributed by atoms with Crippen molar-refractivity contribution in [2.24, 2.45) is 7.05 Å². The Morgan fingerprint density at radius 1 is 1.31 bits per heavy atom. The maximum Gasteiger partial charge on any atom is 0.420 e. The molecule has 0 unspecified atom stereocenters. The first-order chi connectivity index (χ1) is 13.6. The summed E-state index contributed by atoms with van der Waals surface area (Å²) in [7, 11) is 1.39. The Balaban J connectivity index is 2.11. The quantitative estimate of drug-likeness (QED) is 0.691. The van der Waals surface area contributed by atoms with E-state index in [9.17, 15) is 22.8 Å². The number of halogens is 4. The molecule has 3 aromatic rings. The first kappa shape index (κ1) is 20.2. The van der Waals surface area contributed by atoms with E-state index in [0.29, 0.717) is 6.07 Å². The Labute approximate surface area is 165 Å². The molecule has 0 atom stereocenters. The molecule has 0 fully saturated rings. The van der Waals surface area contributed by atoms with Crippen molar-refractivity contribution < 1.29 is 17.9 Å². The van der Waals surface area contributed by atoms with E-state index in [0.717, 1.165) is 21.4 Å². The fraction of sp³-hybridized carbons (Fsp3) is 0.176. The highest BCUT2D eigenvalue weighted by molar-refractivity contribution is 6.30. The average Bonchev–Trinajstić information content (AvgIpc) is 2.95. The molecular weight excluding hydrogens is 415 g/mol. The lowest BCUT2D eigenvalue weighted by Crippen LogP contribution is -2.26. The summed E-state index contributed by atoms with van der Waals surface area (Å²) in [5.74, 6) is -1.08. The molecule has 2 aromatic heterocycles. The van der Waals surface area contributed by atoms with Crippen LogP contribution in [0.5, 0.6) is 11.5 Å². The fourth-order valence-electron chi connectivity index (χ4n) is 2.48. The standard InChI is InChI=1S/C17H11ClF3N5O3/c1-25-13(23-24-16(25)28)8-26-3-2-12(17(19,20)21)14(15(26)27)29-11-5-9(7-22)4-10(18)6-11/h2-6H,8H2,1H3,(H,24,28). The van der Waals surface area contributed by atoms with Crippen LogP contribution in [0.2, 0.25) is 5.02 Å². The van der Waals surface area contributed by atoms with Crippen molar-refractivity contribution in [2.75, 3.05) is 0 Å². The Morgan fingerprint density at radius 3 is 2.62 bits per heavy atom. The number of aromatic amines is 1. The minimum absolute atomic E-state index is 0.0452. The van der Waals surface area contributed by atoms with Gasteiger partial charge in [-0.15, -0.1) is 0 Å². The van der Waals surface area contributed by atoms with E-state index in [2.05, 4.69) is 10.2 Å². The third-order valence-electron chi connectivity index (χ3n) is 3.93. The van der Waals surface area contributed by atoms with Gasteiger partial charge in [-0.3, -0.25) is 9.36 Å². The summed E-state index contributed by atoms with van der Waals surface area (Å²) in [5, 5.41) is 14.9. The lowest BCUT2D eigenvalue weighted by molar-refractivity contribution is -0.138. The molecule has 8 nitrogen and oxygen atoms in total. The van der Waals surface area contributed by atoms with Gasteiger partial charge in [-0.05, 0) is 24.3 Å². The zero-order valence-corrected chi connectivity index (χ0v) is 15.4. The van der Waals surface area contributed by atoms with Crippen molar-refractivity contribution in [3.05, 3.63) is 73.3 Å². The molecule has 1 aromatic carbocycles. The van der Waals surface area contributed by atoms with E-state index in [1.165, 1.54) is 19.2 Å². The van der Waals surface area contributed by atoms with Gasteiger partial charge in [0.15, 0.2) is 5.82 Å². The van der Waals surface area contributed by atoms with Crippen molar-refractivity contribution in [2.45, 2.75) is 12.7 Å². The highest BCUT2D eigenvalue weighted by Gasteiger charge is 2.36. The van der Waals surface area contributed by atoms with Crippen molar-refractivity contribution in [3.63, 3.8) is 0 Å². The van der Waals surface area contributed by atoms with Crippen LogP contribution in [0.1, 0.15) is 17.0 Å². The number of ether oxygens (including phenoxy) is 1. The number of nitrogens with one attached hydrogen (secondary N) is 1. The highest BCUT2D eigenvalue weighted by Crippen LogP contribution is 2.36. The second kappa shape index (κ2) is 7.48. The maximum absolute atomic E-state index is 13.4. The van der Waals surface area contributed by atoms with Gasteiger partial charge in [-0.25, -0.2) is 9.89 Å². The Bertz CT molecular complexity index is 1240. The summed E-state index contributed by atoms with van der Waals surface area (Å²) in [6.45, 7) is -0.276. The number of hydrogen-bond donors (Lipinski definition) is 1. The predicted molar refractivity (Wildman–Crippen MR) is 94.9 cm³/mol. The average molecular weight is 426 g/mol. The van der Waals surface area contributed by atoms with Gasteiger partial charge in [0.1, 0.15) is 11.3 Å². The van der Waals surface area contributed by atoms with E-state index in [4.69, 9.17) is 21.6 Å². The van der Waals surface area contributed by atoms with Gasteiger partial charge in [0, 0.05) is 18.3 Å². The molecule has 3 rings (SSSR count). The number of hydrogen-bond acceptors (Lipinski definition) is 5. The fourth-order valence-corrected chi connectivity index (χ4v) is 2.70. The summed E-state index contributed by atoms with van der Waals surface area (Å²) in [5.41, 5.74) is -2.90. The van der Waals surface area contributed by atoms with E-state index in [-0.39, 0.29) is 28.7 Å². The smallest absolute Gasteiger partial charge is 0.420 e. The molecule has 0 radical (unpaired) electrons. The summed E-state index contributed by atoms with van der Waals surface area (Å²) < 4.78 is 47.5. The second-order valence-corrected chi connectivity index (χ2v) is 6.32. The normalized spacial score (nSPS) is 11.3. The molecule has 12 heteroatoms. The number of rotatable bonds is 4. The Hall–Kier alpha value is -3.52. The molecule has 29 heavy (non-hydrogen) atoms. The minimum Gasteiger partial charge on any atom is -0.451 e. The first-order valence-electron chi connectivity index (χ1n) is 7.89. The third-order valence-corrected chi connectivity index (χ3v) is 4.15. The molecule has 150 valence electrons. The van der Waals surface area contributed by atoms with Gasteiger partial charge in [0.05, 0.1) is 18.2 Å². The molecule has 0 spiro atoms. The van der Waals surface area contributed by atoms with E-state index in [1.54, 1.807) is 6.07 Å². The predicted octanol–water partition coefficient (Wildman–Crippen LogP) is 2.65. The lowest BCUT2D eigenvalue weighted by Gasteiger charge is -2.15. The second-order valence-electron chi connectivity index (χ2n) is 5.88. The third kappa shape index (κ3) is 4.17. The molecule has 1 N–H and O–H groups in total. The summed E-state index contributed by atoms with van der Waals surface area (Å²) in [4.78, 5) is 24.2. The number of nitriles is 1. The monoisotopic (exact) mass is 425 g/mol. The molecule has 0 bridgehead atoms. The van der Waals surface area contributed by atoms with Crippen LogP contribution in [0.15, 0.2) is 40.1 Å². The van der Waals surface area contributed by atoms with Gasteiger partial charge in [-0.2, -0.15) is 23.5 Å². The summed E-state index contributed by atoms with van der Waals surface area (Å²) >= 11 is 5.84. The van der Waals surface area contributed by atoms with Crippen LogP contribution >= 0.6 is 11.6 Å². The molecule has 0 aliphatic carbocycles. The molecule has 2 heterocycles. The van der Waals surface area contributed by atoms with Crippen LogP contribution in [-0.2, 0) is 19.8 Å². The largest absolute Gasteiger partial charge is 0.451 e. The number of nitrogens with zero attached hydrogens (tertiary/aromatic N) is 4. The number of aromatic nitrogens is 4. The summed E-state index contributed by atoms with van der Waals surface area (Å²) in [6, 6.07) is 6.09. The van der Waals surface area contributed by atoms with E-state index < -0.39 is 28.7 Å². The van der Waals surface area contributed by atoms with Crippen molar-refractivity contribution >= 4 is 11.6 Å². The van der Waals surface area contributed by atoms with Gasteiger partial charge >= 0.3 is 11.9 Å². The number of H-pyrrole nitrogens is 1. The number of alkyl halides is 3. The van der Waals surface area contributed by atoms with Crippen LogP contribution in [-0.4, -0.2) is 19.3 Å². The SMILES string of the molecule is Cn1c(Cn2ccc(C(F)(F)F)c(Oc3cc(Cl)cc(C#N)c3)c2=O)n[nH]c1=O. The number of pyridine rings is 1. The molecule has 0 amide bonds. The van der Waals surface area contributed by atoms with Crippen molar-refractivity contribution in [1.82, 2.24) is 19.3 Å². The van der Waals surface area contributed by atoms with Crippen LogP contribution in [0.25, 0.3) is 0 Å². The topological polar surface area (TPSA) is 106 Å². The first-order valence-corrected chi connectivity index (χ1v) is 8.27. The van der Waals surface area contributed by atoms with Gasteiger partial charge in [-0.1, -0.05) is 11.6 Å². The van der Waals surface area contributed by atoms with Crippen LogP contribution in [0.4, 0.5) is 13.2 Å². The van der Waals surface area contributed by atoms with Crippen LogP contribution < -0.4 is 16.0 Å². The molecule has 0 aliphatic rings. The van der Waals surface area contributed by atoms with Crippen LogP contribution in [0, 0.1) is 11.3 Å². The molecule has 0 saturated heterocycles. The molecular formula is C17H11ClF3N5O3.